The van der Waals surface area contributed by atoms with E-state index in [2.05, 4.69) is 4.98 Å². The Morgan fingerprint density at radius 1 is 1.17 bits per heavy atom. The van der Waals surface area contributed by atoms with Gasteiger partial charge in [0.25, 0.3) is 11.5 Å². The van der Waals surface area contributed by atoms with Gasteiger partial charge in [-0.2, -0.15) is 0 Å². The van der Waals surface area contributed by atoms with E-state index < -0.39 is 6.10 Å². The highest BCUT2D eigenvalue weighted by atomic mass is 16.5. The minimum absolute atomic E-state index is 0.138. The van der Waals surface area contributed by atoms with Crippen LogP contribution < -0.4 is 15.4 Å². The van der Waals surface area contributed by atoms with Gasteiger partial charge in [-0.1, -0.05) is 18.2 Å². The number of rotatable bonds is 4. The van der Waals surface area contributed by atoms with Gasteiger partial charge in [0.1, 0.15) is 0 Å². The van der Waals surface area contributed by atoms with Crippen molar-refractivity contribution in [2.24, 2.45) is 7.05 Å². The fraction of sp³-hybridized carbons (Fsp3) is 0.273. The zero-order valence-corrected chi connectivity index (χ0v) is 16.9. The molecular weight excluding hydrogens is 382 g/mol. The van der Waals surface area contributed by atoms with Gasteiger partial charge >= 0.3 is 0 Å². The van der Waals surface area contributed by atoms with Crippen LogP contribution >= 0.6 is 0 Å². The third-order valence-electron chi connectivity index (χ3n) is 5.19. The van der Waals surface area contributed by atoms with Crippen LogP contribution in [0.25, 0.3) is 11.3 Å². The van der Waals surface area contributed by atoms with Crippen molar-refractivity contribution in [1.29, 1.82) is 0 Å². The Kier molecular flexibility index (Phi) is 5.58. The second kappa shape index (κ2) is 8.46. The predicted octanol–water partition coefficient (Wildman–Crippen LogP) is 1.71. The van der Waals surface area contributed by atoms with Gasteiger partial charge in [0, 0.05) is 50.4 Å². The summed E-state index contributed by atoms with van der Waals surface area (Å²) < 4.78 is 7.26. The van der Waals surface area contributed by atoms with Crippen LogP contribution in [0.3, 0.4) is 0 Å². The van der Waals surface area contributed by atoms with E-state index in [1.807, 2.05) is 47.4 Å². The Hall–Kier alpha value is -3.52. The van der Waals surface area contributed by atoms with Crippen molar-refractivity contribution in [1.82, 2.24) is 14.5 Å². The van der Waals surface area contributed by atoms with E-state index in [4.69, 9.17) is 9.72 Å². The second-order valence-electron chi connectivity index (χ2n) is 7.11. The number of pyridine rings is 1. The molecule has 1 aliphatic heterocycles. The average Bonchev–Trinajstić information content (AvgIpc) is 2.81. The third kappa shape index (κ3) is 3.95. The number of benzene rings is 1. The maximum absolute atomic E-state index is 13.0. The number of hydrogen-bond donors (Lipinski definition) is 0. The van der Waals surface area contributed by atoms with Crippen molar-refractivity contribution in [2.45, 2.75) is 6.10 Å². The Morgan fingerprint density at radius 3 is 2.63 bits per heavy atom. The lowest BCUT2D eigenvalue weighted by atomic mass is 10.2. The van der Waals surface area contributed by atoms with Gasteiger partial charge in [-0.25, -0.2) is 4.98 Å². The molecule has 0 spiro atoms. The summed E-state index contributed by atoms with van der Waals surface area (Å²) in [6, 6.07) is 14.6. The SMILES string of the molecule is CN(C(=O)C1CN(c2nc(-c3ccncc3)cc(=O)n2C)CCO1)c1ccccc1. The molecule has 1 fully saturated rings. The largest absolute Gasteiger partial charge is 0.365 e. The molecule has 1 unspecified atom stereocenters. The maximum atomic E-state index is 13.0. The zero-order chi connectivity index (χ0) is 21.1. The number of amides is 1. The van der Waals surface area contributed by atoms with E-state index in [1.54, 1.807) is 31.4 Å². The molecule has 8 heteroatoms. The number of carbonyl (C=O) groups is 1. The van der Waals surface area contributed by atoms with Crippen molar-refractivity contribution in [3.63, 3.8) is 0 Å². The number of morpholine rings is 1. The minimum atomic E-state index is -0.648. The van der Waals surface area contributed by atoms with E-state index in [1.165, 1.54) is 10.6 Å². The van der Waals surface area contributed by atoms with Gasteiger partial charge in [0.15, 0.2) is 6.10 Å². The van der Waals surface area contributed by atoms with E-state index >= 15 is 0 Å². The van der Waals surface area contributed by atoms with E-state index in [9.17, 15) is 9.59 Å². The highest BCUT2D eigenvalue weighted by Gasteiger charge is 2.31. The molecule has 1 aliphatic rings. The molecule has 0 radical (unpaired) electrons. The third-order valence-corrected chi connectivity index (χ3v) is 5.19. The summed E-state index contributed by atoms with van der Waals surface area (Å²) in [5.41, 5.74) is 2.02. The molecule has 0 N–H and O–H groups in total. The fourth-order valence-corrected chi connectivity index (χ4v) is 3.46. The monoisotopic (exact) mass is 405 g/mol. The first-order valence-electron chi connectivity index (χ1n) is 9.72. The lowest BCUT2D eigenvalue weighted by molar-refractivity contribution is -0.130. The number of anilines is 2. The van der Waals surface area contributed by atoms with Crippen molar-refractivity contribution in [3.05, 3.63) is 71.3 Å². The minimum Gasteiger partial charge on any atom is -0.365 e. The smallest absolute Gasteiger partial charge is 0.257 e. The summed E-state index contributed by atoms with van der Waals surface area (Å²) >= 11 is 0. The maximum Gasteiger partial charge on any atom is 0.257 e. The molecule has 0 aliphatic carbocycles. The molecule has 1 saturated heterocycles. The first kappa shape index (κ1) is 19.8. The van der Waals surface area contributed by atoms with Gasteiger partial charge < -0.3 is 14.5 Å². The Balaban J connectivity index is 1.60. The number of para-hydroxylation sites is 1. The standard InChI is InChI=1S/C22H23N5O3/c1-25(17-6-4-3-5-7-17)21(29)19-15-27(12-13-30-19)22-24-18(14-20(28)26(22)2)16-8-10-23-11-9-16/h3-11,14,19H,12-13,15H2,1-2H3. The van der Waals surface area contributed by atoms with Crippen molar-refractivity contribution < 1.29 is 9.53 Å². The summed E-state index contributed by atoms with van der Waals surface area (Å²) in [6.07, 6.45) is 2.68. The number of ether oxygens (including phenoxy) is 1. The summed E-state index contributed by atoms with van der Waals surface area (Å²) in [7, 11) is 3.42. The number of aromatic nitrogens is 3. The number of hydrogen-bond acceptors (Lipinski definition) is 6. The van der Waals surface area contributed by atoms with Crippen LogP contribution in [0.2, 0.25) is 0 Å². The predicted molar refractivity (Wildman–Crippen MR) is 115 cm³/mol. The van der Waals surface area contributed by atoms with Gasteiger partial charge in [-0.15, -0.1) is 0 Å². The zero-order valence-electron chi connectivity index (χ0n) is 16.9. The number of carbonyl (C=O) groups excluding carboxylic acids is 1. The van der Waals surface area contributed by atoms with Gasteiger partial charge in [-0.3, -0.25) is 19.1 Å². The quantitative estimate of drug-likeness (QED) is 0.657. The highest BCUT2D eigenvalue weighted by Crippen LogP contribution is 2.21. The van der Waals surface area contributed by atoms with Crippen LogP contribution in [0.5, 0.6) is 0 Å². The Bertz CT molecular complexity index is 1080. The Labute approximate surface area is 174 Å². The molecule has 154 valence electrons. The van der Waals surface area contributed by atoms with Crippen molar-refractivity contribution in [2.75, 3.05) is 36.5 Å². The van der Waals surface area contributed by atoms with E-state index in [0.717, 1.165) is 11.3 Å². The van der Waals surface area contributed by atoms with Crippen molar-refractivity contribution >= 4 is 17.5 Å². The van der Waals surface area contributed by atoms with Crippen LogP contribution in [0.15, 0.2) is 65.7 Å². The van der Waals surface area contributed by atoms with Crippen LogP contribution in [-0.4, -0.2) is 53.3 Å². The summed E-state index contributed by atoms with van der Waals surface area (Å²) in [4.78, 5) is 37.8. The molecule has 0 saturated carbocycles. The molecule has 3 heterocycles. The fourth-order valence-electron chi connectivity index (χ4n) is 3.46. The molecule has 30 heavy (non-hydrogen) atoms. The molecule has 3 aromatic rings. The second-order valence-corrected chi connectivity index (χ2v) is 7.11. The lowest BCUT2D eigenvalue weighted by Crippen LogP contribution is -2.51. The van der Waals surface area contributed by atoms with E-state index in [0.29, 0.717) is 31.3 Å². The van der Waals surface area contributed by atoms with Crippen LogP contribution in [0.1, 0.15) is 0 Å². The molecule has 1 amide bonds. The first-order valence-corrected chi connectivity index (χ1v) is 9.72. The van der Waals surface area contributed by atoms with E-state index in [-0.39, 0.29) is 11.5 Å². The summed E-state index contributed by atoms with van der Waals surface area (Å²) in [5.74, 6) is 0.374. The van der Waals surface area contributed by atoms with Crippen molar-refractivity contribution in [3.8, 4) is 11.3 Å². The summed E-state index contributed by atoms with van der Waals surface area (Å²) in [5, 5.41) is 0. The molecule has 1 aromatic carbocycles. The molecule has 8 nitrogen and oxygen atoms in total. The van der Waals surface area contributed by atoms with Crippen LogP contribution in [0.4, 0.5) is 11.6 Å². The topological polar surface area (TPSA) is 80.6 Å². The molecule has 2 aromatic heterocycles. The molecule has 1 atom stereocenters. The Morgan fingerprint density at radius 2 is 1.90 bits per heavy atom. The first-order chi connectivity index (χ1) is 14.5. The normalized spacial score (nSPS) is 16.3. The molecule has 0 bridgehead atoms. The highest BCUT2D eigenvalue weighted by molar-refractivity contribution is 5.96. The number of likely N-dealkylation sites (N-methyl/N-ethyl adjacent to an activating group) is 1. The molecule has 4 rings (SSSR count). The van der Waals surface area contributed by atoms with Gasteiger partial charge in [-0.05, 0) is 24.3 Å². The number of nitrogens with zero attached hydrogens (tertiary/aromatic N) is 5. The summed E-state index contributed by atoms with van der Waals surface area (Å²) in [6.45, 7) is 1.23. The average molecular weight is 405 g/mol. The molecular formula is C22H23N5O3. The van der Waals surface area contributed by atoms with Crippen LogP contribution in [0, 0.1) is 0 Å². The van der Waals surface area contributed by atoms with Gasteiger partial charge in [0.05, 0.1) is 18.8 Å². The van der Waals surface area contributed by atoms with Gasteiger partial charge in [0.2, 0.25) is 5.95 Å². The van der Waals surface area contributed by atoms with Crippen LogP contribution in [-0.2, 0) is 16.6 Å². The lowest BCUT2D eigenvalue weighted by Gasteiger charge is -2.35.